The number of carbonyl (C=O) groups is 1. The van der Waals surface area contributed by atoms with Gasteiger partial charge in [-0.2, -0.15) is 0 Å². The maximum atomic E-state index is 12.3. The number of para-hydroxylation sites is 1. The molecule has 1 aliphatic rings. The molecule has 0 bridgehead atoms. The Bertz CT molecular complexity index is 932. The highest BCUT2D eigenvalue weighted by molar-refractivity contribution is 6.06. The zero-order valence-corrected chi connectivity index (χ0v) is 14.4. The Hall–Kier alpha value is -3.06. The van der Waals surface area contributed by atoms with Crippen molar-refractivity contribution in [2.45, 2.75) is 6.10 Å². The molecule has 0 unspecified atom stereocenters. The van der Waals surface area contributed by atoms with E-state index in [1.807, 2.05) is 30.3 Å². The highest BCUT2D eigenvalue weighted by Gasteiger charge is 2.26. The Kier molecular flexibility index (Phi) is 4.45. The van der Waals surface area contributed by atoms with Gasteiger partial charge in [-0.25, -0.2) is 15.0 Å². The molecular weight excluding hydrogens is 330 g/mol. The number of hydrogen-bond donors (Lipinski definition) is 1. The van der Waals surface area contributed by atoms with Crippen LogP contribution in [0.25, 0.3) is 10.9 Å². The van der Waals surface area contributed by atoms with E-state index in [9.17, 15) is 4.79 Å². The average molecular weight is 349 g/mol. The Morgan fingerprint density at radius 1 is 1.23 bits per heavy atom. The molecule has 3 heterocycles. The minimum absolute atomic E-state index is 0.135. The molecule has 0 spiro atoms. The first-order chi connectivity index (χ1) is 12.8. The highest BCUT2D eigenvalue weighted by Crippen LogP contribution is 2.27. The van der Waals surface area contributed by atoms with Crippen LogP contribution in [-0.2, 0) is 4.74 Å². The minimum atomic E-state index is -0.249. The number of ether oxygens (including phenoxy) is 1. The Balaban J connectivity index is 1.70. The molecule has 1 aliphatic heterocycles. The van der Waals surface area contributed by atoms with Gasteiger partial charge < -0.3 is 15.0 Å². The standard InChI is InChI=1S/C19H19N5O2/c1-20-18(25)14-11-16(23-15-6-3-2-5-13(14)15)17-12-24(9-10-26-17)19-21-7-4-8-22-19/h2-8,11,17H,9-10,12H2,1H3,(H,20,25)/t17-/m1/s1. The van der Waals surface area contributed by atoms with Gasteiger partial charge in [0.15, 0.2) is 0 Å². The molecule has 26 heavy (non-hydrogen) atoms. The van der Waals surface area contributed by atoms with E-state index in [-0.39, 0.29) is 12.0 Å². The molecule has 132 valence electrons. The van der Waals surface area contributed by atoms with E-state index in [0.29, 0.717) is 24.7 Å². The van der Waals surface area contributed by atoms with Gasteiger partial charge in [-0.1, -0.05) is 18.2 Å². The average Bonchev–Trinajstić information content (AvgIpc) is 2.73. The van der Waals surface area contributed by atoms with Gasteiger partial charge in [-0.05, 0) is 18.2 Å². The molecule has 7 nitrogen and oxygen atoms in total. The van der Waals surface area contributed by atoms with Crippen LogP contribution in [0.15, 0.2) is 48.8 Å². The molecule has 4 rings (SSSR count). The Morgan fingerprint density at radius 2 is 2.04 bits per heavy atom. The number of benzene rings is 1. The van der Waals surface area contributed by atoms with E-state index in [2.05, 4.69) is 20.2 Å². The summed E-state index contributed by atoms with van der Waals surface area (Å²) in [5.41, 5.74) is 2.12. The zero-order chi connectivity index (χ0) is 17.9. The van der Waals surface area contributed by atoms with Crippen molar-refractivity contribution in [2.75, 3.05) is 31.6 Å². The third-order valence-corrected chi connectivity index (χ3v) is 4.44. The van der Waals surface area contributed by atoms with E-state index in [1.54, 1.807) is 25.5 Å². The molecular formula is C19H19N5O2. The fraction of sp³-hybridized carbons (Fsp3) is 0.263. The van der Waals surface area contributed by atoms with Crippen molar-refractivity contribution in [1.29, 1.82) is 0 Å². The summed E-state index contributed by atoms with van der Waals surface area (Å²) in [6, 6.07) is 11.2. The van der Waals surface area contributed by atoms with Gasteiger partial charge >= 0.3 is 0 Å². The van der Waals surface area contributed by atoms with E-state index in [4.69, 9.17) is 9.72 Å². The first kappa shape index (κ1) is 16.4. The number of hydrogen-bond acceptors (Lipinski definition) is 6. The number of aromatic nitrogens is 3. The number of fused-ring (bicyclic) bond motifs is 1. The van der Waals surface area contributed by atoms with Crippen LogP contribution in [0, 0.1) is 0 Å². The summed E-state index contributed by atoms with van der Waals surface area (Å²) in [6.45, 7) is 1.85. The molecule has 1 atom stereocenters. The van der Waals surface area contributed by atoms with Gasteiger partial charge in [-0.3, -0.25) is 4.79 Å². The molecule has 0 radical (unpaired) electrons. The molecule has 3 aromatic rings. The summed E-state index contributed by atoms with van der Waals surface area (Å²) in [5.74, 6) is 0.539. The van der Waals surface area contributed by atoms with Crippen LogP contribution in [0.1, 0.15) is 22.2 Å². The van der Waals surface area contributed by atoms with Gasteiger partial charge in [0.1, 0.15) is 6.10 Å². The van der Waals surface area contributed by atoms with Gasteiger partial charge in [-0.15, -0.1) is 0 Å². The van der Waals surface area contributed by atoms with Crippen LogP contribution in [0.3, 0.4) is 0 Å². The quantitative estimate of drug-likeness (QED) is 0.779. The number of anilines is 1. The van der Waals surface area contributed by atoms with Crippen molar-refractivity contribution >= 4 is 22.8 Å². The van der Waals surface area contributed by atoms with Crippen LogP contribution < -0.4 is 10.2 Å². The molecule has 1 N–H and O–H groups in total. The number of rotatable bonds is 3. The third-order valence-electron chi connectivity index (χ3n) is 4.44. The fourth-order valence-corrected chi connectivity index (χ4v) is 3.15. The second kappa shape index (κ2) is 7.05. The van der Waals surface area contributed by atoms with Crippen molar-refractivity contribution in [1.82, 2.24) is 20.3 Å². The summed E-state index contributed by atoms with van der Waals surface area (Å²) in [4.78, 5) is 27.8. The number of amides is 1. The molecule has 0 aliphatic carbocycles. The van der Waals surface area contributed by atoms with Gasteiger partial charge in [0.05, 0.1) is 29.9 Å². The smallest absolute Gasteiger partial charge is 0.251 e. The maximum absolute atomic E-state index is 12.3. The second-order valence-corrected chi connectivity index (χ2v) is 6.05. The van der Waals surface area contributed by atoms with E-state index in [1.165, 1.54) is 0 Å². The Morgan fingerprint density at radius 3 is 2.85 bits per heavy atom. The van der Waals surface area contributed by atoms with E-state index in [0.717, 1.165) is 23.1 Å². The van der Waals surface area contributed by atoms with Crippen LogP contribution in [0.2, 0.25) is 0 Å². The predicted octanol–water partition coefficient (Wildman–Crippen LogP) is 1.96. The van der Waals surface area contributed by atoms with Gasteiger partial charge in [0, 0.05) is 31.4 Å². The topological polar surface area (TPSA) is 80.2 Å². The number of carbonyl (C=O) groups excluding carboxylic acids is 1. The Labute approximate surface area is 151 Å². The lowest BCUT2D eigenvalue weighted by molar-refractivity contribution is 0.0366. The predicted molar refractivity (Wildman–Crippen MR) is 98.1 cm³/mol. The summed E-state index contributed by atoms with van der Waals surface area (Å²) in [6.07, 6.45) is 3.20. The fourth-order valence-electron chi connectivity index (χ4n) is 3.15. The van der Waals surface area contributed by atoms with E-state index >= 15 is 0 Å². The van der Waals surface area contributed by atoms with Crippen LogP contribution in [-0.4, -0.2) is 47.6 Å². The monoisotopic (exact) mass is 349 g/mol. The normalized spacial score (nSPS) is 17.3. The maximum Gasteiger partial charge on any atom is 0.251 e. The van der Waals surface area contributed by atoms with Crippen molar-refractivity contribution in [2.24, 2.45) is 0 Å². The number of pyridine rings is 1. The van der Waals surface area contributed by atoms with Crippen LogP contribution in [0.4, 0.5) is 5.95 Å². The number of nitrogens with zero attached hydrogens (tertiary/aromatic N) is 4. The van der Waals surface area contributed by atoms with Crippen molar-refractivity contribution in [3.05, 3.63) is 60.0 Å². The summed E-state index contributed by atoms with van der Waals surface area (Å²) < 4.78 is 5.94. The van der Waals surface area contributed by atoms with Crippen molar-refractivity contribution in [3.8, 4) is 0 Å². The second-order valence-electron chi connectivity index (χ2n) is 6.05. The highest BCUT2D eigenvalue weighted by atomic mass is 16.5. The van der Waals surface area contributed by atoms with E-state index < -0.39 is 0 Å². The third kappa shape index (κ3) is 3.09. The van der Waals surface area contributed by atoms with Crippen LogP contribution in [0.5, 0.6) is 0 Å². The molecule has 7 heteroatoms. The van der Waals surface area contributed by atoms with Crippen molar-refractivity contribution < 1.29 is 9.53 Å². The summed E-state index contributed by atoms with van der Waals surface area (Å²) in [7, 11) is 1.63. The van der Waals surface area contributed by atoms with Crippen molar-refractivity contribution in [3.63, 3.8) is 0 Å². The molecule has 1 aromatic carbocycles. The lowest BCUT2D eigenvalue weighted by Gasteiger charge is -2.32. The zero-order valence-electron chi connectivity index (χ0n) is 14.4. The largest absolute Gasteiger partial charge is 0.368 e. The summed E-state index contributed by atoms with van der Waals surface area (Å²) in [5, 5.41) is 3.53. The lowest BCUT2D eigenvalue weighted by Crippen LogP contribution is -2.39. The SMILES string of the molecule is CNC(=O)c1cc([C@H]2CN(c3ncccn3)CCO2)nc2ccccc12. The molecule has 2 aromatic heterocycles. The molecule has 1 fully saturated rings. The number of nitrogens with one attached hydrogen (secondary N) is 1. The van der Waals surface area contributed by atoms with Gasteiger partial charge in [0.25, 0.3) is 5.91 Å². The summed E-state index contributed by atoms with van der Waals surface area (Å²) >= 11 is 0. The molecule has 1 saturated heterocycles. The first-order valence-electron chi connectivity index (χ1n) is 8.51. The van der Waals surface area contributed by atoms with Crippen LogP contribution >= 0.6 is 0 Å². The molecule has 1 amide bonds. The first-order valence-corrected chi connectivity index (χ1v) is 8.51. The lowest BCUT2D eigenvalue weighted by atomic mass is 10.0. The minimum Gasteiger partial charge on any atom is -0.368 e. The molecule has 0 saturated carbocycles. The number of morpholine rings is 1. The van der Waals surface area contributed by atoms with Gasteiger partial charge in [0.2, 0.25) is 5.95 Å².